The van der Waals surface area contributed by atoms with Gasteiger partial charge in [0.2, 0.25) is 11.8 Å². The van der Waals surface area contributed by atoms with Crippen LogP contribution in [-0.4, -0.2) is 38.6 Å². The number of carbonyl (C=O) groups excluding carboxylic acids is 1. The summed E-state index contributed by atoms with van der Waals surface area (Å²) in [5, 5.41) is 10.2. The average Bonchev–Trinajstić information content (AvgIpc) is 3.01. The van der Waals surface area contributed by atoms with E-state index >= 15 is 0 Å². The van der Waals surface area contributed by atoms with Crippen molar-refractivity contribution < 1.29 is 13.9 Å². The molecule has 1 unspecified atom stereocenters. The molecule has 4 rings (SSSR count). The van der Waals surface area contributed by atoms with Crippen molar-refractivity contribution in [2.45, 2.75) is 19.4 Å². The molecule has 0 saturated heterocycles. The molecule has 0 saturated carbocycles. The van der Waals surface area contributed by atoms with Crippen LogP contribution in [0.2, 0.25) is 0 Å². The predicted octanol–water partition coefficient (Wildman–Crippen LogP) is 1.49. The topological polar surface area (TPSA) is 93.4 Å². The highest BCUT2D eigenvalue weighted by Gasteiger charge is 2.17. The van der Waals surface area contributed by atoms with Crippen LogP contribution in [-0.2, 0) is 11.2 Å². The van der Waals surface area contributed by atoms with Gasteiger partial charge in [-0.3, -0.25) is 4.79 Å². The number of pyridine rings is 1. The number of amides is 1. The molecule has 2 N–H and O–H groups in total. The second-order valence-electron chi connectivity index (χ2n) is 6.04. The summed E-state index contributed by atoms with van der Waals surface area (Å²) in [5.41, 5.74) is 1.90. The van der Waals surface area contributed by atoms with Gasteiger partial charge in [0.05, 0.1) is 31.4 Å². The number of fused-ring (bicyclic) bond motifs is 2. The molecular formula is C17H17FN6O2. The van der Waals surface area contributed by atoms with Gasteiger partial charge in [-0.2, -0.15) is 5.10 Å². The third-order valence-electron chi connectivity index (χ3n) is 4.13. The Hall–Kier alpha value is -3.23. The van der Waals surface area contributed by atoms with Crippen molar-refractivity contribution in [1.82, 2.24) is 24.9 Å². The van der Waals surface area contributed by atoms with Crippen molar-refractivity contribution in [1.29, 1.82) is 0 Å². The first kappa shape index (κ1) is 16.2. The summed E-state index contributed by atoms with van der Waals surface area (Å²) in [4.78, 5) is 20.7. The lowest BCUT2D eigenvalue weighted by molar-refractivity contribution is -0.120. The fraction of sp³-hybridized carbons (Fsp3) is 0.294. The molecule has 1 atom stereocenters. The minimum Gasteiger partial charge on any atom is -0.476 e. The van der Waals surface area contributed by atoms with E-state index in [1.165, 1.54) is 6.07 Å². The summed E-state index contributed by atoms with van der Waals surface area (Å²) < 4.78 is 20.9. The molecule has 0 aliphatic carbocycles. The maximum Gasteiger partial charge on any atom is 0.224 e. The normalized spacial score (nSPS) is 17.8. The van der Waals surface area contributed by atoms with Gasteiger partial charge in [-0.25, -0.2) is 18.9 Å². The van der Waals surface area contributed by atoms with Crippen LogP contribution in [0, 0.1) is 5.82 Å². The first-order chi connectivity index (χ1) is 12.6. The van der Waals surface area contributed by atoms with Crippen LogP contribution in [0.3, 0.4) is 0 Å². The van der Waals surface area contributed by atoms with Crippen LogP contribution in [0.1, 0.15) is 24.1 Å². The number of aromatic nitrogens is 4. The highest BCUT2D eigenvalue weighted by atomic mass is 19.1. The van der Waals surface area contributed by atoms with Gasteiger partial charge < -0.3 is 15.4 Å². The molecule has 1 amide bonds. The molecule has 0 radical (unpaired) electrons. The molecule has 3 aromatic rings. The Morgan fingerprint density at radius 1 is 1.38 bits per heavy atom. The number of hydrogen-bond acceptors (Lipinski definition) is 6. The zero-order valence-corrected chi connectivity index (χ0v) is 14.1. The number of hydrogen-bond donors (Lipinski definition) is 2. The van der Waals surface area contributed by atoms with E-state index in [1.807, 2.05) is 6.92 Å². The van der Waals surface area contributed by atoms with Gasteiger partial charge >= 0.3 is 0 Å². The Morgan fingerprint density at radius 3 is 3.15 bits per heavy atom. The third-order valence-corrected chi connectivity index (χ3v) is 4.13. The Morgan fingerprint density at radius 2 is 2.27 bits per heavy atom. The van der Waals surface area contributed by atoms with Crippen LogP contribution in [0.5, 0.6) is 5.88 Å². The van der Waals surface area contributed by atoms with Gasteiger partial charge in [-0.15, -0.1) is 0 Å². The van der Waals surface area contributed by atoms with E-state index < -0.39 is 5.82 Å². The Balaban J connectivity index is 1.76. The highest BCUT2D eigenvalue weighted by molar-refractivity contribution is 5.80. The van der Waals surface area contributed by atoms with Crippen LogP contribution >= 0.6 is 0 Å². The van der Waals surface area contributed by atoms with Crippen LogP contribution < -0.4 is 15.4 Å². The molecule has 134 valence electrons. The maximum atomic E-state index is 13.7. The second-order valence-corrected chi connectivity index (χ2v) is 6.04. The molecule has 0 spiro atoms. The summed E-state index contributed by atoms with van der Waals surface area (Å²) in [6, 6.07) is 2.86. The van der Waals surface area contributed by atoms with E-state index in [4.69, 9.17) is 4.74 Å². The number of anilines is 1. The molecular weight excluding hydrogens is 339 g/mol. The molecule has 1 aliphatic heterocycles. The molecule has 0 fully saturated rings. The lowest BCUT2D eigenvalue weighted by atomic mass is 10.1. The second kappa shape index (κ2) is 6.58. The van der Waals surface area contributed by atoms with Crippen molar-refractivity contribution in [3.05, 3.63) is 47.7 Å². The molecule has 1 aliphatic rings. The van der Waals surface area contributed by atoms with Crippen molar-refractivity contribution >= 4 is 17.4 Å². The van der Waals surface area contributed by atoms with Crippen molar-refractivity contribution in [2.75, 3.05) is 18.5 Å². The minimum atomic E-state index is -0.447. The van der Waals surface area contributed by atoms with Gasteiger partial charge in [0.15, 0.2) is 5.65 Å². The minimum absolute atomic E-state index is 0.152. The number of carbonyl (C=O) groups is 1. The molecule has 0 aromatic carbocycles. The summed E-state index contributed by atoms with van der Waals surface area (Å²) >= 11 is 0. The van der Waals surface area contributed by atoms with Gasteiger partial charge in [-0.05, 0) is 19.1 Å². The number of rotatable bonds is 0. The number of nitrogens with one attached hydrogen (secondary N) is 2. The van der Waals surface area contributed by atoms with Gasteiger partial charge in [0.1, 0.15) is 18.2 Å². The fourth-order valence-corrected chi connectivity index (χ4v) is 2.87. The lowest BCUT2D eigenvalue weighted by Gasteiger charge is -2.18. The SMILES string of the molecule is CC1Nc2ccn3ncc(c3n2)CC(=O)NCCOc2ncc(F)cc21. The number of halogens is 1. The van der Waals surface area contributed by atoms with E-state index in [2.05, 4.69) is 25.7 Å². The van der Waals surface area contributed by atoms with Crippen LogP contribution in [0.4, 0.5) is 10.2 Å². The van der Waals surface area contributed by atoms with Crippen molar-refractivity contribution in [3.8, 4) is 5.88 Å². The number of nitrogens with zero attached hydrogens (tertiary/aromatic N) is 4. The van der Waals surface area contributed by atoms with Gasteiger partial charge in [0.25, 0.3) is 0 Å². The molecule has 4 heterocycles. The van der Waals surface area contributed by atoms with E-state index in [0.717, 1.165) is 11.8 Å². The molecule has 26 heavy (non-hydrogen) atoms. The van der Waals surface area contributed by atoms with E-state index in [-0.39, 0.29) is 25.0 Å². The molecule has 2 bridgehead atoms. The quantitative estimate of drug-likeness (QED) is 0.634. The third kappa shape index (κ3) is 3.15. The Bertz CT molecular complexity index is 973. The Kier molecular flexibility index (Phi) is 4.11. The molecule has 8 nitrogen and oxygen atoms in total. The zero-order chi connectivity index (χ0) is 18.1. The first-order valence-corrected chi connectivity index (χ1v) is 8.25. The van der Waals surface area contributed by atoms with E-state index in [9.17, 15) is 9.18 Å². The van der Waals surface area contributed by atoms with Crippen molar-refractivity contribution in [3.63, 3.8) is 0 Å². The summed E-state index contributed by atoms with van der Waals surface area (Å²) in [6.45, 7) is 2.42. The maximum absolute atomic E-state index is 13.7. The average molecular weight is 356 g/mol. The number of ether oxygens (including phenoxy) is 1. The summed E-state index contributed by atoms with van der Waals surface area (Å²) in [6.07, 6.45) is 4.67. The van der Waals surface area contributed by atoms with Crippen LogP contribution in [0.15, 0.2) is 30.7 Å². The first-order valence-electron chi connectivity index (χ1n) is 8.25. The summed E-state index contributed by atoms with van der Waals surface area (Å²) in [7, 11) is 0. The fourth-order valence-electron chi connectivity index (χ4n) is 2.87. The molecule has 3 aromatic heterocycles. The van der Waals surface area contributed by atoms with E-state index in [1.54, 1.807) is 23.0 Å². The van der Waals surface area contributed by atoms with Gasteiger partial charge in [0, 0.05) is 17.3 Å². The zero-order valence-electron chi connectivity index (χ0n) is 14.1. The Labute approximate surface area is 148 Å². The summed E-state index contributed by atoms with van der Waals surface area (Å²) in [5.74, 6) is 0.307. The van der Waals surface area contributed by atoms with Gasteiger partial charge in [-0.1, -0.05) is 0 Å². The standard InChI is InChI=1S/C17H17FN6O2/c1-10-13-7-12(18)9-20-17(13)26-5-3-19-15(25)6-11-8-21-24-4-2-14(22-10)23-16(11)24/h2,4,7-10H,3,5-6H2,1H3,(H,19,25)(H,22,23). The monoisotopic (exact) mass is 356 g/mol. The van der Waals surface area contributed by atoms with Crippen LogP contribution in [0.25, 0.3) is 5.65 Å². The smallest absolute Gasteiger partial charge is 0.224 e. The predicted molar refractivity (Wildman–Crippen MR) is 91.4 cm³/mol. The lowest BCUT2D eigenvalue weighted by Crippen LogP contribution is -2.29. The molecule has 9 heteroatoms. The van der Waals surface area contributed by atoms with Crippen molar-refractivity contribution in [2.24, 2.45) is 0 Å². The highest BCUT2D eigenvalue weighted by Crippen LogP contribution is 2.26. The van der Waals surface area contributed by atoms with E-state index in [0.29, 0.717) is 29.5 Å². The largest absolute Gasteiger partial charge is 0.476 e.